The van der Waals surface area contributed by atoms with Crippen LogP contribution in [0.15, 0.2) is 24.3 Å². The molecule has 3 nitrogen and oxygen atoms in total. The molecule has 0 atom stereocenters. The number of likely N-dealkylation sites (tertiary alicyclic amines) is 1. The minimum Gasteiger partial charge on any atom is -0.342 e. The molecule has 3 fully saturated rings. The molecular formula is C18H24ClFN2O. The van der Waals surface area contributed by atoms with Gasteiger partial charge in [0.05, 0.1) is 5.41 Å². The summed E-state index contributed by atoms with van der Waals surface area (Å²) in [6.07, 6.45) is 5.16. The smallest absolute Gasteiger partial charge is 0.233 e. The Balaban J connectivity index is 0.00000156. The van der Waals surface area contributed by atoms with Crippen LogP contribution in [-0.2, 0) is 10.2 Å². The first kappa shape index (κ1) is 16.7. The van der Waals surface area contributed by atoms with E-state index in [1.165, 1.54) is 18.6 Å². The molecule has 1 N–H and O–H groups in total. The van der Waals surface area contributed by atoms with E-state index in [-0.39, 0.29) is 24.1 Å². The molecule has 1 aromatic carbocycles. The van der Waals surface area contributed by atoms with Gasteiger partial charge >= 0.3 is 0 Å². The van der Waals surface area contributed by atoms with E-state index >= 15 is 0 Å². The van der Waals surface area contributed by atoms with Crippen LogP contribution in [0.25, 0.3) is 0 Å². The summed E-state index contributed by atoms with van der Waals surface area (Å²) in [5, 5.41) is 3.46. The summed E-state index contributed by atoms with van der Waals surface area (Å²) in [6, 6.07) is 6.60. The molecule has 1 aliphatic carbocycles. The molecule has 4 rings (SSSR count). The Morgan fingerprint density at radius 2 is 1.87 bits per heavy atom. The van der Waals surface area contributed by atoms with E-state index in [1.807, 2.05) is 11.0 Å². The van der Waals surface area contributed by atoms with Crippen molar-refractivity contribution >= 4 is 18.3 Å². The number of carbonyl (C=O) groups excluding carboxylic acids is 1. The van der Waals surface area contributed by atoms with Crippen LogP contribution in [0.5, 0.6) is 0 Å². The molecule has 0 unspecified atom stereocenters. The monoisotopic (exact) mass is 338 g/mol. The lowest BCUT2D eigenvalue weighted by Gasteiger charge is -2.40. The summed E-state index contributed by atoms with van der Waals surface area (Å²) in [5.41, 5.74) is 0.854. The predicted molar refractivity (Wildman–Crippen MR) is 90.3 cm³/mol. The first-order valence-electron chi connectivity index (χ1n) is 8.40. The number of piperidine rings is 1. The fourth-order valence-corrected chi connectivity index (χ4v) is 4.25. The Morgan fingerprint density at radius 1 is 1.13 bits per heavy atom. The lowest BCUT2D eigenvalue weighted by Crippen LogP contribution is -2.47. The van der Waals surface area contributed by atoms with Gasteiger partial charge in [-0.2, -0.15) is 0 Å². The molecule has 0 radical (unpaired) electrons. The van der Waals surface area contributed by atoms with E-state index in [0.29, 0.717) is 5.41 Å². The van der Waals surface area contributed by atoms with E-state index in [9.17, 15) is 9.18 Å². The highest BCUT2D eigenvalue weighted by Gasteiger charge is 2.54. The third-order valence-corrected chi connectivity index (χ3v) is 5.98. The maximum atomic E-state index is 13.5. The number of rotatable bonds is 2. The molecule has 126 valence electrons. The number of amides is 1. The van der Waals surface area contributed by atoms with Gasteiger partial charge in [-0.3, -0.25) is 4.79 Å². The van der Waals surface area contributed by atoms with Crippen molar-refractivity contribution in [1.29, 1.82) is 0 Å². The average molecular weight is 339 g/mol. The lowest BCUT2D eigenvalue weighted by molar-refractivity contribution is -0.136. The van der Waals surface area contributed by atoms with Crippen molar-refractivity contribution < 1.29 is 9.18 Å². The van der Waals surface area contributed by atoms with Crippen molar-refractivity contribution in [3.05, 3.63) is 35.6 Å². The third kappa shape index (κ3) is 2.87. The number of nitrogens with zero attached hydrogens (tertiary/aromatic N) is 1. The van der Waals surface area contributed by atoms with Gasteiger partial charge < -0.3 is 10.2 Å². The minimum absolute atomic E-state index is 0. The van der Waals surface area contributed by atoms with Gasteiger partial charge in [0.15, 0.2) is 0 Å². The SMILES string of the molecule is Cl.O=C(N1CCC2(CCNC2)CC1)C1(c2cccc(F)c2)CC1. The Labute approximate surface area is 143 Å². The fraction of sp³-hybridized carbons (Fsp3) is 0.611. The number of hydrogen-bond acceptors (Lipinski definition) is 2. The number of hydrogen-bond donors (Lipinski definition) is 1. The fourth-order valence-electron chi connectivity index (χ4n) is 4.25. The van der Waals surface area contributed by atoms with Gasteiger partial charge in [0.25, 0.3) is 0 Å². The molecule has 23 heavy (non-hydrogen) atoms. The molecule has 1 spiro atoms. The molecule has 1 amide bonds. The molecule has 1 saturated carbocycles. The summed E-state index contributed by atoms with van der Waals surface area (Å²) in [4.78, 5) is 15.0. The predicted octanol–water partition coefficient (Wildman–Crippen LogP) is 2.88. The quantitative estimate of drug-likeness (QED) is 0.899. The van der Waals surface area contributed by atoms with Gasteiger partial charge in [-0.05, 0) is 61.8 Å². The highest BCUT2D eigenvalue weighted by atomic mass is 35.5. The summed E-state index contributed by atoms with van der Waals surface area (Å²) in [6.45, 7) is 3.93. The molecular weight excluding hydrogens is 315 g/mol. The van der Waals surface area contributed by atoms with Crippen LogP contribution < -0.4 is 5.32 Å². The van der Waals surface area contributed by atoms with Crippen molar-refractivity contribution in [1.82, 2.24) is 10.2 Å². The van der Waals surface area contributed by atoms with Gasteiger partial charge in [0.2, 0.25) is 5.91 Å². The summed E-state index contributed by atoms with van der Waals surface area (Å²) >= 11 is 0. The van der Waals surface area contributed by atoms with Crippen LogP contribution in [0.4, 0.5) is 4.39 Å². The molecule has 1 aromatic rings. The molecule has 0 aromatic heterocycles. The maximum absolute atomic E-state index is 13.5. The maximum Gasteiger partial charge on any atom is 0.233 e. The number of carbonyl (C=O) groups is 1. The minimum atomic E-state index is -0.430. The van der Waals surface area contributed by atoms with Crippen LogP contribution in [0.3, 0.4) is 0 Å². The zero-order valence-corrected chi connectivity index (χ0v) is 14.1. The third-order valence-electron chi connectivity index (χ3n) is 5.98. The number of benzene rings is 1. The van der Waals surface area contributed by atoms with Crippen molar-refractivity contribution in [2.24, 2.45) is 5.41 Å². The first-order chi connectivity index (χ1) is 10.6. The molecule has 2 aliphatic heterocycles. The lowest BCUT2D eigenvalue weighted by atomic mass is 9.77. The Hall–Kier alpha value is -1.13. The molecule has 2 saturated heterocycles. The van der Waals surface area contributed by atoms with Crippen LogP contribution in [0, 0.1) is 11.2 Å². The molecule has 5 heteroatoms. The van der Waals surface area contributed by atoms with Crippen LogP contribution in [0.2, 0.25) is 0 Å². The summed E-state index contributed by atoms with van der Waals surface area (Å²) in [7, 11) is 0. The normalized spacial score (nSPS) is 24.3. The second-order valence-electron chi connectivity index (χ2n) is 7.31. The standard InChI is InChI=1S/C18H23FN2O.ClH/c19-15-3-1-2-14(12-15)18(4-5-18)16(22)21-10-7-17(8-11-21)6-9-20-13-17;/h1-3,12,20H,4-11,13H2;1H. The average Bonchev–Trinajstić information content (AvgIpc) is 3.24. The highest BCUT2D eigenvalue weighted by molar-refractivity contribution is 5.91. The Kier molecular flexibility index (Phi) is 4.41. The zero-order valence-electron chi connectivity index (χ0n) is 13.3. The number of nitrogens with one attached hydrogen (secondary N) is 1. The Bertz CT molecular complexity index is 586. The molecule has 3 aliphatic rings. The summed E-state index contributed by atoms with van der Waals surface area (Å²) in [5.74, 6) is -0.0230. The van der Waals surface area contributed by atoms with Gasteiger partial charge in [-0.1, -0.05) is 12.1 Å². The van der Waals surface area contributed by atoms with Crippen LogP contribution in [-0.4, -0.2) is 37.0 Å². The second-order valence-corrected chi connectivity index (χ2v) is 7.31. The van der Waals surface area contributed by atoms with E-state index in [1.54, 1.807) is 6.07 Å². The van der Waals surface area contributed by atoms with E-state index in [0.717, 1.165) is 57.4 Å². The molecule has 2 heterocycles. The summed E-state index contributed by atoms with van der Waals surface area (Å²) < 4.78 is 13.5. The largest absolute Gasteiger partial charge is 0.342 e. The zero-order chi connectivity index (χ0) is 15.2. The van der Waals surface area contributed by atoms with Gasteiger partial charge in [0.1, 0.15) is 5.82 Å². The van der Waals surface area contributed by atoms with Crippen LogP contribution >= 0.6 is 12.4 Å². The van der Waals surface area contributed by atoms with E-state index in [2.05, 4.69) is 5.32 Å². The van der Waals surface area contributed by atoms with Crippen molar-refractivity contribution in [3.63, 3.8) is 0 Å². The van der Waals surface area contributed by atoms with Gasteiger partial charge in [-0.15, -0.1) is 12.4 Å². The first-order valence-corrected chi connectivity index (χ1v) is 8.40. The van der Waals surface area contributed by atoms with Crippen molar-refractivity contribution in [3.8, 4) is 0 Å². The van der Waals surface area contributed by atoms with Crippen molar-refractivity contribution in [2.45, 2.75) is 37.5 Å². The number of halogens is 2. The highest BCUT2D eigenvalue weighted by Crippen LogP contribution is 2.50. The van der Waals surface area contributed by atoms with Crippen LogP contribution in [0.1, 0.15) is 37.7 Å². The topological polar surface area (TPSA) is 32.3 Å². The van der Waals surface area contributed by atoms with Crippen molar-refractivity contribution in [2.75, 3.05) is 26.2 Å². The van der Waals surface area contributed by atoms with Gasteiger partial charge in [-0.25, -0.2) is 4.39 Å². The van der Waals surface area contributed by atoms with E-state index in [4.69, 9.17) is 0 Å². The van der Waals surface area contributed by atoms with Gasteiger partial charge in [0, 0.05) is 19.6 Å². The second kappa shape index (κ2) is 6.06. The molecule has 0 bridgehead atoms. The van der Waals surface area contributed by atoms with E-state index < -0.39 is 5.41 Å². The Morgan fingerprint density at radius 3 is 2.43 bits per heavy atom.